The van der Waals surface area contributed by atoms with Crippen LogP contribution in [0, 0.1) is 0 Å². The van der Waals surface area contributed by atoms with Gasteiger partial charge in [-0.1, -0.05) is 22.4 Å². The zero-order chi connectivity index (χ0) is 15.9. The van der Waals surface area contributed by atoms with Crippen LogP contribution in [-0.2, 0) is 9.59 Å². The number of rotatable bonds is 3. The molecule has 0 radical (unpaired) electrons. The quantitative estimate of drug-likeness (QED) is 0.577. The second-order valence-electron chi connectivity index (χ2n) is 5.59. The van der Waals surface area contributed by atoms with Crippen LogP contribution >= 0.6 is 39.3 Å². The van der Waals surface area contributed by atoms with Crippen molar-refractivity contribution in [3.63, 3.8) is 0 Å². The molecule has 0 aromatic rings. The van der Waals surface area contributed by atoms with Gasteiger partial charge in [0.05, 0.1) is 0 Å². The highest BCUT2D eigenvalue weighted by Gasteiger charge is 2.54. The van der Waals surface area contributed by atoms with Gasteiger partial charge in [-0.3, -0.25) is 14.7 Å². The number of fused-ring (bicyclic) bond motifs is 1. The molecule has 120 valence electrons. The normalized spacial score (nSPS) is 29.8. The summed E-state index contributed by atoms with van der Waals surface area (Å²) >= 11 is 10.7. The number of nitrogens with zero attached hydrogens (tertiary/aromatic N) is 2. The molecule has 1 amide bonds. The van der Waals surface area contributed by atoms with Crippen molar-refractivity contribution in [1.82, 2.24) is 4.90 Å². The molecule has 3 rings (SSSR count). The maximum atomic E-state index is 12.4. The third-order valence-electron chi connectivity index (χ3n) is 4.19. The minimum atomic E-state index is -1.11. The van der Waals surface area contributed by atoms with E-state index in [-0.39, 0.29) is 17.0 Å². The number of carbonyl (C=O) groups excluding carboxylic acids is 1. The molecule has 8 heteroatoms. The average Bonchev–Trinajstić information content (AvgIpc) is 2.51. The van der Waals surface area contributed by atoms with Crippen molar-refractivity contribution >= 4 is 56.9 Å². The highest BCUT2D eigenvalue weighted by atomic mass is 79.9. The largest absolute Gasteiger partial charge is 0.477 e. The molecule has 5 nitrogen and oxygen atoms in total. The number of hydrogen-bond donors (Lipinski definition) is 1. The second kappa shape index (κ2) is 6.53. The number of amides is 1. The number of carboxylic acids is 1. The first-order valence-corrected chi connectivity index (χ1v) is 9.65. The van der Waals surface area contributed by atoms with Crippen molar-refractivity contribution in [3.05, 3.63) is 11.3 Å². The Morgan fingerprint density at radius 2 is 2.09 bits per heavy atom. The SMILES string of the molecule is O=C(O)C1=C(C(Cl)Br)CS[C@H]2[C@H](N=C3CCCCC3)C(=O)N12. The summed E-state index contributed by atoms with van der Waals surface area (Å²) in [4.78, 5) is 29.9. The van der Waals surface area contributed by atoms with Crippen molar-refractivity contribution in [2.75, 3.05) is 5.75 Å². The standard InChI is InChI=1S/C14H16BrClN2O3S/c15-11(16)8-6-22-13-9(17-7-4-2-1-3-5-7)12(19)18(13)10(8)14(20)21/h9,11,13H,1-6H2,(H,20,21)/t9-,11?,13+/m1/s1. The summed E-state index contributed by atoms with van der Waals surface area (Å²) in [6.07, 6.45) is 5.39. The molecule has 22 heavy (non-hydrogen) atoms. The van der Waals surface area contributed by atoms with E-state index in [1.54, 1.807) is 0 Å². The lowest BCUT2D eigenvalue weighted by molar-refractivity contribution is -0.147. The number of aliphatic imine (C=N–C) groups is 1. The molecular formula is C14H16BrClN2O3S. The Morgan fingerprint density at radius 3 is 2.68 bits per heavy atom. The number of halogens is 2. The smallest absolute Gasteiger partial charge is 0.352 e. The van der Waals surface area contributed by atoms with E-state index in [2.05, 4.69) is 20.9 Å². The number of β-lactam (4-membered cyclic amide) rings is 1. The predicted octanol–water partition coefficient (Wildman–Crippen LogP) is 2.97. The molecule has 2 fully saturated rings. The fraction of sp³-hybridized carbons (Fsp3) is 0.643. The van der Waals surface area contributed by atoms with Crippen LogP contribution in [0.1, 0.15) is 32.1 Å². The van der Waals surface area contributed by atoms with Gasteiger partial charge in [-0.2, -0.15) is 0 Å². The van der Waals surface area contributed by atoms with E-state index in [1.807, 2.05) is 0 Å². The highest BCUT2D eigenvalue weighted by Crippen LogP contribution is 2.44. The van der Waals surface area contributed by atoms with Crippen LogP contribution in [0.4, 0.5) is 0 Å². The van der Waals surface area contributed by atoms with Crippen molar-refractivity contribution in [2.24, 2.45) is 4.99 Å². The number of thioether (sulfide) groups is 1. The van der Waals surface area contributed by atoms with Crippen LogP contribution in [0.3, 0.4) is 0 Å². The van der Waals surface area contributed by atoms with Crippen LogP contribution in [0.25, 0.3) is 0 Å². The molecule has 2 aliphatic heterocycles. The van der Waals surface area contributed by atoms with Crippen LogP contribution in [0.5, 0.6) is 0 Å². The third-order valence-corrected chi connectivity index (χ3v) is 6.29. The van der Waals surface area contributed by atoms with Gasteiger partial charge in [-0.25, -0.2) is 4.79 Å². The summed E-state index contributed by atoms with van der Waals surface area (Å²) in [6.45, 7) is 0. The molecule has 1 aliphatic carbocycles. The summed E-state index contributed by atoms with van der Waals surface area (Å²) in [7, 11) is 0. The summed E-state index contributed by atoms with van der Waals surface area (Å²) in [6, 6.07) is -0.432. The van der Waals surface area contributed by atoms with Crippen molar-refractivity contribution in [2.45, 2.75) is 47.8 Å². The Bertz CT molecular complexity index is 570. The van der Waals surface area contributed by atoms with Gasteiger partial charge < -0.3 is 5.11 Å². The van der Waals surface area contributed by atoms with E-state index in [1.165, 1.54) is 23.1 Å². The van der Waals surface area contributed by atoms with Crippen LogP contribution < -0.4 is 0 Å². The lowest BCUT2D eigenvalue weighted by atomic mass is 9.97. The zero-order valence-electron chi connectivity index (χ0n) is 11.8. The first-order valence-electron chi connectivity index (χ1n) is 7.25. The number of carbonyl (C=O) groups is 2. The topological polar surface area (TPSA) is 70.0 Å². The Morgan fingerprint density at radius 1 is 1.41 bits per heavy atom. The maximum absolute atomic E-state index is 12.4. The predicted molar refractivity (Wildman–Crippen MR) is 90.6 cm³/mol. The number of carboxylic acid groups (broad SMARTS) is 1. The first-order chi connectivity index (χ1) is 10.5. The molecule has 1 saturated carbocycles. The number of hydrogen-bond acceptors (Lipinski definition) is 4. The number of alkyl halides is 2. The minimum Gasteiger partial charge on any atom is -0.477 e. The van der Waals surface area contributed by atoms with E-state index in [0.717, 1.165) is 31.4 Å². The molecule has 0 aromatic heterocycles. The lowest BCUT2D eigenvalue weighted by Gasteiger charge is -2.48. The monoisotopic (exact) mass is 406 g/mol. The summed E-state index contributed by atoms with van der Waals surface area (Å²) < 4.78 is -0.580. The molecule has 0 bridgehead atoms. The van der Waals surface area contributed by atoms with Gasteiger partial charge in [0.15, 0.2) is 6.04 Å². The van der Waals surface area contributed by atoms with Gasteiger partial charge in [-0.05, 0) is 31.3 Å². The maximum Gasteiger partial charge on any atom is 0.352 e. The van der Waals surface area contributed by atoms with E-state index in [4.69, 9.17) is 11.6 Å². The molecule has 0 aromatic carbocycles. The summed E-state index contributed by atoms with van der Waals surface area (Å²) in [5, 5.41) is 9.22. The van der Waals surface area contributed by atoms with E-state index < -0.39 is 16.3 Å². The van der Waals surface area contributed by atoms with E-state index in [9.17, 15) is 14.7 Å². The molecule has 1 saturated heterocycles. The molecule has 3 aliphatic rings. The Balaban J connectivity index is 1.84. The van der Waals surface area contributed by atoms with Crippen molar-refractivity contribution in [1.29, 1.82) is 0 Å². The Hall–Kier alpha value is -0.530. The fourth-order valence-electron chi connectivity index (χ4n) is 3.06. The number of aliphatic carboxylic acids is 1. The summed E-state index contributed by atoms with van der Waals surface area (Å²) in [5.74, 6) is -0.839. The fourth-order valence-corrected chi connectivity index (χ4v) is 5.30. The van der Waals surface area contributed by atoms with Gasteiger partial charge in [0.1, 0.15) is 15.4 Å². The Labute approximate surface area is 146 Å². The summed E-state index contributed by atoms with van der Waals surface area (Å²) in [5.41, 5.74) is 1.66. The van der Waals surface area contributed by atoms with Crippen molar-refractivity contribution in [3.8, 4) is 0 Å². The molecule has 2 heterocycles. The average molecular weight is 408 g/mol. The van der Waals surface area contributed by atoms with Gasteiger partial charge in [0.25, 0.3) is 5.91 Å². The van der Waals surface area contributed by atoms with E-state index >= 15 is 0 Å². The molecular weight excluding hydrogens is 392 g/mol. The third kappa shape index (κ3) is 2.83. The molecule has 1 N–H and O–H groups in total. The molecule has 0 spiro atoms. The van der Waals surface area contributed by atoms with Crippen molar-refractivity contribution < 1.29 is 14.7 Å². The molecule has 3 atom stereocenters. The highest BCUT2D eigenvalue weighted by molar-refractivity contribution is 9.10. The van der Waals surface area contributed by atoms with Crippen LogP contribution in [0.15, 0.2) is 16.3 Å². The van der Waals surface area contributed by atoms with Gasteiger partial charge in [0.2, 0.25) is 0 Å². The zero-order valence-corrected chi connectivity index (χ0v) is 15.0. The second-order valence-corrected chi connectivity index (χ2v) is 8.57. The lowest BCUT2D eigenvalue weighted by Crippen LogP contribution is -2.64. The van der Waals surface area contributed by atoms with Gasteiger partial charge >= 0.3 is 5.97 Å². The minimum absolute atomic E-state index is 0.0192. The first kappa shape index (κ1) is 16.3. The van der Waals surface area contributed by atoms with Crippen LogP contribution in [-0.4, -0.2) is 49.0 Å². The Kier molecular flexibility index (Phi) is 4.85. The van der Waals surface area contributed by atoms with Gasteiger partial charge in [0, 0.05) is 11.5 Å². The van der Waals surface area contributed by atoms with E-state index in [0.29, 0.717) is 11.3 Å². The van der Waals surface area contributed by atoms with Crippen LogP contribution in [0.2, 0.25) is 0 Å². The van der Waals surface area contributed by atoms with Gasteiger partial charge in [-0.15, -0.1) is 23.4 Å². The molecule has 1 unspecified atom stereocenters.